The molecule has 0 bridgehead atoms. The van der Waals surface area contributed by atoms with E-state index in [1.807, 2.05) is 0 Å². The zero-order valence-corrected chi connectivity index (χ0v) is 12.8. The molecule has 2 fully saturated rings. The molecular formula is C16H32N2O. The van der Waals surface area contributed by atoms with Gasteiger partial charge in [0, 0.05) is 12.6 Å². The monoisotopic (exact) mass is 268 g/mol. The van der Waals surface area contributed by atoms with Crippen LogP contribution >= 0.6 is 0 Å². The van der Waals surface area contributed by atoms with Gasteiger partial charge in [0.05, 0.1) is 6.10 Å². The molecule has 0 aromatic heterocycles. The van der Waals surface area contributed by atoms with Gasteiger partial charge in [0.1, 0.15) is 0 Å². The third-order valence-corrected chi connectivity index (χ3v) is 5.36. The van der Waals surface area contributed by atoms with Crippen molar-refractivity contribution in [1.29, 1.82) is 0 Å². The number of aliphatic hydroxyl groups is 1. The van der Waals surface area contributed by atoms with Gasteiger partial charge < -0.3 is 15.3 Å². The summed E-state index contributed by atoms with van der Waals surface area (Å²) in [5.41, 5.74) is 0. The second-order valence-electron chi connectivity index (χ2n) is 6.58. The van der Waals surface area contributed by atoms with Gasteiger partial charge in [-0.2, -0.15) is 0 Å². The summed E-state index contributed by atoms with van der Waals surface area (Å²) in [4.78, 5) is 2.55. The third kappa shape index (κ3) is 4.44. The van der Waals surface area contributed by atoms with Gasteiger partial charge in [0.15, 0.2) is 0 Å². The second kappa shape index (κ2) is 7.61. The van der Waals surface area contributed by atoms with Gasteiger partial charge in [-0.05, 0) is 64.1 Å². The van der Waals surface area contributed by atoms with Crippen LogP contribution in [0.15, 0.2) is 0 Å². The molecule has 3 heteroatoms. The van der Waals surface area contributed by atoms with E-state index in [0.717, 1.165) is 18.9 Å². The molecule has 112 valence electrons. The van der Waals surface area contributed by atoms with E-state index in [4.69, 9.17) is 0 Å². The Balaban J connectivity index is 1.68. The first-order valence-corrected chi connectivity index (χ1v) is 8.34. The van der Waals surface area contributed by atoms with Gasteiger partial charge in [0.25, 0.3) is 0 Å². The van der Waals surface area contributed by atoms with Gasteiger partial charge in [-0.25, -0.2) is 0 Å². The summed E-state index contributed by atoms with van der Waals surface area (Å²) in [7, 11) is 0. The Labute approximate surface area is 118 Å². The molecule has 1 aliphatic heterocycles. The first-order chi connectivity index (χ1) is 9.20. The fourth-order valence-corrected chi connectivity index (χ4v) is 3.70. The van der Waals surface area contributed by atoms with Gasteiger partial charge >= 0.3 is 0 Å². The molecule has 2 N–H and O–H groups in total. The second-order valence-corrected chi connectivity index (χ2v) is 6.58. The Bertz CT molecular complexity index is 251. The highest BCUT2D eigenvalue weighted by Gasteiger charge is 2.26. The highest BCUT2D eigenvalue weighted by molar-refractivity contribution is 4.82. The fourth-order valence-electron chi connectivity index (χ4n) is 3.70. The average Bonchev–Trinajstić information content (AvgIpc) is 2.46. The van der Waals surface area contributed by atoms with E-state index in [1.165, 1.54) is 51.7 Å². The van der Waals surface area contributed by atoms with E-state index >= 15 is 0 Å². The molecule has 0 amide bonds. The third-order valence-electron chi connectivity index (χ3n) is 5.36. The van der Waals surface area contributed by atoms with Crippen LogP contribution < -0.4 is 5.32 Å². The zero-order valence-electron chi connectivity index (χ0n) is 12.8. The topological polar surface area (TPSA) is 35.5 Å². The Morgan fingerprint density at radius 2 is 1.84 bits per heavy atom. The number of rotatable bonds is 5. The van der Waals surface area contributed by atoms with Gasteiger partial charge in [-0.1, -0.05) is 19.8 Å². The Morgan fingerprint density at radius 3 is 2.47 bits per heavy atom. The lowest BCUT2D eigenvalue weighted by molar-refractivity contribution is 0.0656. The van der Waals surface area contributed by atoms with Crippen LogP contribution in [-0.2, 0) is 0 Å². The van der Waals surface area contributed by atoms with Gasteiger partial charge in [0.2, 0.25) is 0 Å². The molecule has 1 heterocycles. The molecule has 2 aliphatic rings. The van der Waals surface area contributed by atoms with Crippen LogP contribution in [0.1, 0.15) is 52.4 Å². The molecule has 0 spiro atoms. The molecule has 1 saturated heterocycles. The summed E-state index contributed by atoms with van der Waals surface area (Å²) in [6.07, 6.45) is 7.32. The summed E-state index contributed by atoms with van der Waals surface area (Å²) >= 11 is 0. The lowest BCUT2D eigenvalue weighted by Crippen LogP contribution is -2.44. The summed E-state index contributed by atoms with van der Waals surface area (Å²) in [5.74, 6) is 1.32. The minimum atomic E-state index is -0.0598. The van der Waals surface area contributed by atoms with Crippen molar-refractivity contribution in [1.82, 2.24) is 10.2 Å². The molecule has 3 unspecified atom stereocenters. The predicted octanol–water partition coefficient (Wildman–Crippen LogP) is 2.25. The average molecular weight is 268 g/mol. The number of aliphatic hydroxyl groups excluding tert-OH is 1. The summed E-state index contributed by atoms with van der Waals surface area (Å²) < 4.78 is 0. The van der Waals surface area contributed by atoms with Crippen LogP contribution in [0, 0.1) is 11.8 Å². The molecular weight excluding hydrogens is 236 g/mol. The van der Waals surface area contributed by atoms with E-state index in [2.05, 4.69) is 24.1 Å². The quantitative estimate of drug-likeness (QED) is 0.803. The Morgan fingerprint density at radius 1 is 1.16 bits per heavy atom. The van der Waals surface area contributed by atoms with E-state index in [9.17, 15) is 5.11 Å². The minimum Gasteiger partial charge on any atom is -0.393 e. The summed E-state index contributed by atoms with van der Waals surface area (Å²) in [5, 5.41) is 13.7. The first-order valence-electron chi connectivity index (χ1n) is 8.34. The number of nitrogens with one attached hydrogen (secondary N) is 1. The Hall–Kier alpha value is -0.120. The van der Waals surface area contributed by atoms with E-state index in [-0.39, 0.29) is 6.10 Å². The van der Waals surface area contributed by atoms with E-state index < -0.39 is 0 Å². The Kier molecular flexibility index (Phi) is 6.11. The van der Waals surface area contributed by atoms with Crippen LogP contribution in [0.25, 0.3) is 0 Å². The van der Waals surface area contributed by atoms with Gasteiger partial charge in [-0.3, -0.25) is 0 Å². The van der Waals surface area contributed by atoms with Crippen molar-refractivity contribution in [3.63, 3.8) is 0 Å². The van der Waals surface area contributed by atoms with Crippen molar-refractivity contribution in [3.8, 4) is 0 Å². The molecule has 3 nitrogen and oxygen atoms in total. The summed E-state index contributed by atoms with van der Waals surface area (Å²) in [6, 6.07) is 0.605. The van der Waals surface area contributed by atoms with E-state index in [1.54, 1.807) is 0 Å². The summed E-state index contributed by atoms with van der Waals surface area (Å²) in [6.45, 7) is 9.32. The standard InChI is InChI=1S/C16H32N2O/c1-3-18-10-8-14(9-11-18)13(2)17-12-15-6-4-5-7-16(15)19/h13-17,19H,3-12H2,1-2H3. The fraction of sp³-hybridized carbons (Fsp3) is 1.00. The maximum absolute atomic E-state index is 10.0. The molecule has 1 aliphatic carbocycles. The number of piperidine rings is 1. The van der Waals surface area contributed by atoms with Crippen molar-refractivity contribution in [2.75, 3.05) is 26.2 Å². The van der Waals surface area contributed by atoms with Crippen molar-refractivity contribution in [2.45, 2.75) is 64.5 Å². The molecule has 2 rings (SSSR count). The molecule has 3 atom stereocenters. The van der Waals surface area contributed by atoms with Crippen molar-refractivity contribution < 1.29 is 5.11 Å². The number of hydrogen-bond acceptors (Lipinski definition) is 3. The smallest absolute Gasteiger partial charge is 0.0580 e. The highest BCUT2D eigenvalue weighted by Crippen LogP contribution is 2.25. The van der Waals surface area contributed by atoms with Crippen LogP contribution in [0.3, 0.4) is 0 Å². The maximum Gasteiger partial charge on any atom is 0.0580 e. The number of likely N-dealkylation sites (tertiary alicyclic amines) is 1. The van der Waals surface area contributed by atoms with E-state index in [0.29, 0.717) is 12.0 Å². The lowest BCUT2D eigenvalue weighted by atomic mass is 9.85. The highest BCUT2D eigenvalue weighted by atomic mass is 16.3. The van der Waals surface area contributed by atoms with Gasteiger partial charge in [-0.15, -0.1) is 0 Å². The molecule has 0 aromatic rings. The van der Waals surface area contributed by atoms with Crippen LogP contribution in [0.4, 0.5) is 0 Å². The number of hydrogen-bond donors (Lipinski definition) is 2. The van der Waals surface area contributed by atoms with Crippen LogP contribution in [0.2, 0.25) is 0 Å². The van der Waals surface area contributed by atoms with Crippen molar-refractivity contribution in [3.05, 3.63) is 0 Å². The largest absolute Gasteiger partial charge is 0.393 e. The maximum atomic E-state index is 10.0. The molecule has 0 aromatic carbocycles. The SMILES string of the molecule is CCN1CCC(C(C)NCC2CCCCC2O)CC1. The number of nitrogens with zero attached hydrogens (tertiary/aromatic N) is 1. The minimum absolute atomic E-state index is 0.0598. The van der Waals surface area contributed by atoms with Crippen molar-refractivity contribution in [2.24, 2.45) is 11.8 Å². The van der Waals surface area contributed by atoms with Crippen LogP contribution in [0.5, 0.6) is 0 Å². The van der Waals surface area contributed by atoms with Crippen LogP contribution in [-0.4, -0.2) is 48.3 Å². The predicted molar refractivity (Wildman–Crippen MR) is 80.3 cm³/mol. The van der Waals surface area contributed by atoms with Crippen molar-refractivity contribution >= 4 is 0 Å². The molecule has 19 heavy (non-hydrogen) atoms. The molecule has 0 radical (unpaired) electrons. The first kappa shape index (κ1) is 15.3. The molecule has 1 saturated carbocycles. The normalized spacial score (nSPS) is 32.4. The zero-order chi connectivity index (χ0) is 13.7. The lowest BCUT2D eigenvalue weighted by Gasteiger charge is -2.36.